The van der Waals surface area contributed by atoms with Crippen molar-refractivity contribution in [3.8, 4) is 5.75 Å². The summed E-state index contributed by atoms with van der Waals surface area (Å²) in [6.45, 7) is 0.493. The molecule has 4 atom stereocenters. The number of alkyl halides is 4. The number of carbonyl (C=O) groups excluding carboxylic acids is 3. The van der Waals surface area contributed by atoms with Crippen LogP contribution in [0.15, 0.2) is 72.8 Å². The van der Waals surface area contributed by atoms with E-state index in [2.05, 4.69) is 10.6 Å². The van der Waals surface area contributed by atoms with E-state index in [0.717, 1.165) is 11.0 Å². The van der Waals surface area contributed by atoms with Gasteiger partial charge in [0, 0.05) is 24.1 Å². The lowest BCUT2D eigenvalue weighted by atomic mass is 9.98. The van der Waals surface area contributed by atoms with Gasteiger partial charge >= 0.3 is 6.18 Å². The van der Waals surface area contributed by atoms with E-state index in [4.69, 9.17) is 0 Å². The van der Waals surface area contributed by atoms with Crippen LogP contribution < -0.4 is 10.6 Å². The molecule has 228 valence electrons. The van der Waals surface area contributed by atoms with Gasteiger partial charge in [0.1, 0.15) is 18.0 Å². The lowest BCUT2D eigenvalue weighted by Gasteiger charge is -2.30. The van der Waals surface area contributed by atoms with Crippen LogP contribution in [0.2, 0.25) is 0 Å². The number of nitrogens with zero attached hydrogens (tertiary/aromatic N) is 1. The van der Waals surface area contributed by atoms with E-state index in [0.29, 0.717) is 5.56 Å². The summed E-state index contributed by atoms with van der Waals surface area (Å²) in [5.74, 6) is -2.70. The molecule has 1 aliphatic heterocycles. The SMILES string of the molecule is Cc1c(O)cccc1C(=O)N[C@@H](Cc1ccccc1)[C@H](O)C(=O)N1C[C@@H](F)C[C@@H]1C(=O)NCc1ccccc1C(F)(F)F. The second-order valence-electron chi connectivity index (χ2n) is 10.4. The number of hydrogen-bond acceptors (Lipinski definition) is 5. The van der Waals surface area contributed by atoms with Crippen molar-refractivity contribution in [1.82, 2.24) is 15.5 Å². The third-order valence-corrected chi connectivity index (χ3v) is 7.41. The minimum absolute atomic E-state index is 0.00463. The molecule has 12 heteroatoms. The standard InChI is InChI=1S/C31H31F4N3O5/c1-18-22(11-7-13-26(18)39)28(41)37-24(14-19-8-3-2-4-9-19)27(40)30(43)38-17-21(32)15-25(38)29(42)36-16-20-10-5-6-12-23(20)31(33,34)35/h2-13,21,24-25,27,39-40H,14-17H2,1H3,(H,36,42)(H,37,41)/t21-,24-,25+,27-/m0/s1. The number of rotatable bonds is 9. The summed E-state index contributed by atoms with van der Waals surface area (Å²) in [6, 6.07) is 15.1. The molecule has 1 saturated heterocycles. The van der Waals surface area contributed by atoms with E-state index < -0.39 is 73.3 Å². The molecule has 0 unspecified atom stereocenters. The van der Waals surface area contributed by atoms with E-state index in [1.807, 2.05) is 0 Å². The Kier molecular flexibility index (Phi) is 9.70. The molecule has 8 nitrogen and oxygen atoms in total. The molecular formula is C31H31F4N3O5. The predicted molar refractivity (Wildman–Crippen MR) is 149 cm³/mol. The summed E-state index contributed by atoms with van der Waals surface area (Å²) < 4.78 is 54.7. The maximum atomic E-state index is 14.6. The van der Waals surface area contributed by atoms with Crippen LogP contribution in [0, 0.1) is 6.92 Å². The number of halogens is 4. The first-order chi connectivity index (χ1) is 20.4. The quantitative estimate of drug-likeness (QED) is 0.279. The Morgan fingerprint density at radius 2 is 1.67 bits per heavy atom. The average molecular weight is 602 g/mol. The Hall–Kier alpha value is -4.45. The molecule has 0 spiro atoms. The highest BCUT2D eigenvalue weighted by Gasteiger charge is 2.43. The fourth-order valence-electron chi connectivity index (χ4n) is 5.10. The number of hydrogen-bond donors (Lipinski definition) is 4. The summed E-state index contributed by atoms with van der Waals surface area (Å²) in [5.41, 5.74) is -0.0874. The first kappa shape index (κ1) is 31.5. The summed E-state index contributed by atoms with van der Waals surface area (Å²) in [7, 11) is 0. The van der Waals surface area contributed by atoms with Crippen LogP contribution in [0.5, 0.6) is 5.75 Å². The van der Waals surface area contributed by atoms with Gasteiger partial charge in [0.15, 0.2) is 6.10 Å². The normalized spacial score (nSPS) is 18.1. The van der Waals surface area contributed by atoms with Gasteiger partial charge in [-0.3, -0.25) is 14.4 Å². The van der Waals surface area contributed by atoms with Gasteiger partial charge in [-0.05, 0) is 42.7 Å². The number of benzene rings is 3. The second-order valence-corrected chi connectivity index (χ2v) is 10.4. The fraction of sp³-hybridized carbons (Fsp3) is 0.323. The van der Waals surface area contributed by atoms with E-state index in [9.17, 15) is 42.2 Å². The third-order valence-electron chi connectivity index (χ3n) is 7.41. The van der Waals surface area contributed by atoms with Gasteiger partial charge in [-0.2, -0.15) is 13.2 Å². The van der Waals surface area contributed by atoms with Crippen molar-refractivity contribution < 1.29 is 42.2 Å². The Labute approximate surface area is 245 Å². The summed E-state index contributed by atoms with van der Waals surface area (Å²) in [4.78, 5) is 40.6. The van der Waals surface area contributed by atoms with Crippen LogP contribution in [0.25, 0.3) is 0 Å². The summed E-state index contributed by atoms with van der Waals surface area (Å²) >= 11 is 0. The number of aliphatic hydroxyl groups is 1. The summed E-state index contributed by atoms with van der Waals surface area (Å²) in [6.07, 6.45) is -8.60. The molecule has 3 aromatic rings. The molecule has 3 amide bonds. The van der Waals surface area contributed by atoms with Crippen molar-refractivity contribution in [2.45, 2.75) is 56.8 Å². The number of aliphatic hydroxyl groups excluding tert-OH is 1. The maximum absolute atomic E-state index is 14.6. The van der Waals surface area contributed by atoms with Crippen LogP contribution in [0.4, 0.5) is 17.6 Å². The Morgan fingerprint density at radius 3 is 2.37 bits per heavy atom. The van der Waals surface area contributed by atoms with Crippen molar-refractivity contribution in [3.05, 3.63) is 101 Å². The first-order valence-electron chi connectivity index (χ1n) is 13.6. The monoisotopic (exact) mass is 601 g/mol. The first-order valence-corrected chi connectivity index (χ1v) is 13.6. The number of aromatic hydroxyl groups is 1. The lowest BCUT2D eigenvalue weighted by Crippen LogP contribution is -2.55. The van der Waals surface area contributed by atoms with Gasteiger partial charge in [-0.25, -0.2) is 4.39 Å². The van der Waals surface area contributed by atoms with Crippen molar-refractivity contribution >= 4 is 17.7 Å². The smallest absolute Gasteiger partial charge is 0.416 e. The minimum Gasteiger partial charge on any atom is -0.508 e. The molecule has 1 aliphatic rings. The van der Waals surface area contributed by atoms with Gasteiger partial charge in [0.2, 0.25) is 5.91 Å². The molecule has 4 N–H and O–H groups in total. The molecule has 3 aromatic carbocycles. The van der Waals surface area contributed by atoms with Crippen molar-refractivity contribution in [2.24, 2.45) is 0 Å². The molecule has 0 aromatic heterocycles. The number of phenols is 1. The number of phenolic OH excluding ortho intramolecular Hbond substituents is 1. The molecule has 1 heterocycles. The van der Waals surface area contributed by atoms with Crippen LogP contribution in [0.3, 0.4) is 0 Å². The van der Waals surface area contributed by atoms with E-state index in [1.165, 1.54) is 43.3 Å². The minimum atomic E-state index is -4.65. The lowest BCUT2D eigenvalue weighted by molar-refractivity contribution is -0.146. The van der Waals surface area contributed by atoms with Crippen molar-refractivity contribution in [3.63, 3.8) is 0 Å². The highest BCUT2D eigenvalue weighted by molar-refractivity contribution is 5.97. The van der Waals surface area contributed by atoms with Crippen LogP contribution >= 0.6 is 0 Å². The number of carbonyl (C=O) groups is 3. The topological polar surface area (TPSA) is 119 Å². The largest absolute Gasteiger partial charge is 0.508 e. The zero-order chi connectivity index (χ0) is 31.3. The van der Waals surface area contributed by atoms with Gasteiger partial charge in [0.05, 0.1) is 18.2 Å². The maximum Gasteiger partial charge on any atom is 0.416 e. The molecule has 0 saturated carbocycles. The number of amides is 3. The second kappa shape index (κ2) is 13.2. The zero-order valence-corrected chi connectivity index (χ0v) is 23.1. The molecule has 0 radical (unpaired) electrons. The van der Waals surface area contributed by atoms with Crippen molar-refractivity contribution in [1.29, 1.82) is 0 Å². The molecule has 4 rings (SSSR count). The molecule has 43 heavy (non-hydrogen) atoms. The average Bonchev–Trinajstić information content (AvgIpc) is 3.38. The van der Waals surface area contributed by atoms with E-state index in [-0.39, 0.29) is 28.9 Å². The highest BCUT2D eigenvalue weighted by atomic mass is 19.4. The summed E-state index contributed by atoms with van der Waals surface area (Å²) in [5, 5.41) is 26.2. The van der Waals surface area contributed by atoms with Gasteiger partial charge in [-0.1, -0.05) is 54.6 Å². The number of nitrogens with one attached hydrogen (secondary N) is 2. The van der Waals surface area contributed by atoms with Crippen LogP contribution in [0.1, 0.15) is 39.0 Å². The van der Waals surface area contributed by atoms with Crippen molar-refractivity contribution in [2.75, 3.05) is 6.54 Å². The molecular weight excluding hydrogens is 570 g/mol. The molecule has 0 bridgehead atoms. The molecule has 1 fully saturated rings. The van der Waals surface area contributed by atoms with E-state index >= 15 is 0 Å². The molecule has 0 aliphatic carbocycles. The van der Waals surface area contributed by atoms with Gasteiger partial charge in [0.25, 0.3) is 11.8 Å². The number of likely N-dealkylation sites (tertiary alicyclic amines) is 1. The Morgan fingerprint density at radius 1 is 1.00 bits per heavy atom. The van der Waals surface area contributed by atoms with E-state index in [1.54, 1.807) is 30.3 Å². The van der Waals surface area contributed by atoms with Crippen LogP contribution in [-0.4, -0.2) is 63.7 Å². The fourth-order valence-corrected chi connectivity index (χ4v) is 5.10. The van der Waals surface area contributed by atoms with Gasteiger partial charge < -0.3 is 25.7 Å². The van der Waals surface area contributed by atoms with Gasteiger partial charge in [-0.15, -0.1) is 0 Å². The Balaban J connectivity index is 1.53. The van der Waals surface area contributed by atoms with Crippen LogP contribution in [-0.2, 0) is 28.7 Å². The predicted octanol–water partition coefficient (Wildman–Crippen LogP) is 3.68. The Bertz CT molecular complexity index is 1470. The third kappa shape index (κ3) is 7.50. The highest BCUT2D eigenvalue weighted by Crippen LogP contribution is 2.32. The zero-order valence-electron chi connectivity index (χ0n) is 23.1.